The monoisotopic (exact) mass is 252 g/mol. The molecule has 2 atom stereocenters. The summed E-state index contributed by atoms with van der Waals surface area (Å²) in [7, 11) is 0. The number of hydrogen-bond acceptors (Lipinski definition) is 3. The van der Waals surface area contributed by atoms with Crippen LogP contribution in [0.1, 0.15) is 39.0 Å². The van der Waals surface area contributed by atoms with Gasteiger partial charge in [0.2, 0.25) is 0 Å². The lowest BCUT2D eigenvalue weighted by Gasteiger charge is -2.43. The van der Waals surface area contributed by atoms with Crippen molar-refractivity contribution in [1.29, 1.82) is 0 Å². The highest BCUT2D eigenvalue weighted by molar-refractivity contribution is 4.99. The largest absolute Gasteiger partial charge is 0.381 e. The molecule has 0 radical (unpaired) electrons. The van der Waals surface area contributed by atoms with Crippen LogP contribution in [-0.2, 0) is 4.74 Å². The molecule has 3 heteroatoms. The quantitative estimate of drug-likeness (QED) is 0.757. The van der Waals surface area contributed by atoms with E-state index in [0.717, 1.165) is 43.9 Å². The zero-order valence-electron chi connectivity index (χ0n) is 11.7. The minimum atomic E-state index is 0.139. The van der Waals surface area contributed by atoms with Gasteiger partial charge in [-0.15, -0.1) is 0 Å². The van der Waals surface area contributed by atoms with Crippen molar-refractivity contribution in [2.45, 2.75) is 44.6 Å². The third-order valence-corrected chi connectivity index (χ3v) is 5.51. The van der Waals surface area contributed by atoms with Crippen molar-refractivity contribution in [3.63, 3.8) is 0 Å². The molecule has 2 saturated carbocycles. The van der Waals surface area contributed by atoms with Gasteiger partial charge in [-0.2, -0.15) is 0 Å². The molecule has 0 amide bonds. The average Bonchev–Trinajstić information content (AvgIpc) is 3.26. The molecule has 1 saturated heterocycles. The van der Waals surface area contributed by atoms with E-state index in [1.807, 2.05) is 0 Å². The van der Waals surface area contributed by atoms with Crippen molar-refractivity contribution in [3.05, 3.63) is 0 Å². The van der Waals surface area contributed by atoms with E-state index < -0.39 is 0 Å². The van der Waals surface area contributed by atoms with Gasteiger partial charge in [0.1, 0.15) is 0 Å². The van der Waals surface area contributed by atoms with E-state index in [0.29, 0.717) is 5.92 Å². The molecule has 2 aliphatic carbocycles. The van der Waals surface area contributed by atoms with Gasteiger partial charge in [0.15, 0.2) is 0 Å². The molecule has 3 fully saturated rings. The number of nitrogens with one attached hydrogen (secondary N) is 1. The highest BCUT2D eigenvalue weighted by atomic mass is 16.5. The first-order valence-electron chi connectivity index (χ1n) is 7.78. The first-order chi connectivity index (χ1) is 8.75. The minimum Gasteiger partial charge on any atom is -0.381 e. The zero-order chi connectivity index (χ0) is 12.6. The summed E-state index contributed by atoms with van der Waals surface area (Å²) in [6, 6.07) is 0. The second kappa shape index (κ2) is 5.10. The van der Waals surface area contributed by atoms with Crippen LogP contribution in [0.4, 0.5) is 0 Å². The van der Waals surface area contributed by atoms with Gasteiger partial charge in [-0.25, -0.2) is 0 Å². The lowest BCUT2D eigenvalue weighted by atomic mass is 9.80. The fourth-order valence-corrected chi connectivity index (χ4v) is 3.65. The molecule has 3 aliphatic rings. The van der Waals surface area contributed by atoms with Crippen molar-refractivity contribution in [3.8, 4) is 0 Å². The van der Waals surface area contributed by atoms with E-state index in [-0.39, 0.29) is 5.54 Å². The Labute approximate surface area is 111 Å². The smallest absolute Gasteiger partial charge is 0.0509 e. The van der Waals surface area contributed by atoms with E-state index in [1.165, 1.54) is 32.2 Å². The standard InChI is InChI=1S/C15H28N2O/c1-11-9-18-7-6-15(11,10-16)17-8-14(12-2-3-12)13-4-5-13/h11-14,17H,2-10,16H2,1H3. The van der Waals surface area contributed by atoms with Gasteiger partial charge in [-0.3, -0.25) is 0 Å². The lowest BCUT2D eigenvalue weighted by Crippen LogP contribution is -2.60. The molecular formula is C15H28N2O. The summed E-state index contributed by atoms with van der Waals surface area (Å²) in [6.45, 7) is 5.95. The summed E-state index contributed by atoms with van der Waals surface area (Å²) >= 11 is 0. The van der Waals surface area contributed by atoms with Crippen LogP contribution >= 0.6 is 0 Å². The third-order valence-electron chi connectivity index (χ3n) is 5.51. The van der Waals surface area contributed by atoms with E-state index in [2.05, 4.69) is 12.2 Å². The van der Waals surface area contributed by atoms with Crippen LogP contribution in [0.5, 0.6) is 0 Å². The van der Waals surface area contributed by atoms with Crippen LogP contribution in [0.2, 0.25) is 0 Å². The maximum atomic E-state index is 6.08. The maximum absolute atomic E-state index is 6.08. The molecule has 0 aromatic carbocycles. The number of hydrogen-bond donors (Lipinski definition) is 2. The Hall–Kier alpha value is -0.120. The van der Waals surface area contributed by atoms with E-state index in [1.54, 1.807) is 0 Å². The van der Waals surface area contributed by atoms with Crippen LogP contribution in [-0.4, -0.2) is 31.8 Å². The van der Waals surface area contributed by atoms with Crippen molar-refractivity contribution in [2.75, 3.05) is 26.3 Å². The normalized spacial score (nSPS) is 37.2. The zero-order valence-corrected chi connectivity index (χ0v) is 11.7. The first-order valence-corrected chi connectivity index (χ1v) is 7.78. The molecule has 0 aromatic heterocycles. The molecule has 2 unspecified atom stereocenters. The SMILES string of the molecule is CC1COCCC1(CN)NCC(C1CC1)C1CC1. The summed E-state index contributed by atoms with van der Waals surface area (Å²) in [6.07, 6.45) is 6.95. The highest BCUT2D eigenvalue weighted by Gasteiger charge is 2.43. The second-order valence-electron chi connectivity index (χ2n) is 6.81. The number of ether oxygens (including phenoxy) is 1. The predicted molar refractivity (Wildman–Crippen MR) is 73.3 cm³/mol. The Morgan fingerprint density at radius 1 is 1.28 bits per heavy atom. The van der Waals surface area contributed by atoms with Crippen LogP contribution in [0.3, 0.4) is 0 Å². The summed E-state index contributed by atoms with van der Waals surface area (Å²) in [5.41, 5.74) is 6.22. The molecule has 104 valence electrons. The molecule has 1 aliphatic heterocycles. The van der Waals surface area contributed by atoms with E-state index in [4.69, 9.17) is 10.5 Å². The van der Waals surface area contributed by atoms with Crippen molar-refractivity contribution < 1.29 is 4.74 Å². The Bertz CT molecular complexity index is 276. The van der Waals surface area contributed by atoms with Gasteiger partial charge in [0.05, 0.1) is 6.61 Å². The molecule has 0 aromatic rings. The molecule has 18 heavy (non-hydrogen) atoms. The Morgan fingerprint density at radius 2 is 1.94 bits per heavy atom. The fraction of sp³-hybridized carbons (Fsp3) is 1.00. The molecule has 1 heterocycles. The second-order valence-corrected chi connectivity index (χ2v) is 6.81. The van der Waals surface area contributed by atoms with Crippen LogP contribution in [0.15, 0.2) is 0 Å². The van der Waals surface area contributed by atoms with Crippen molar-refractivity contribution in [2.24, 2.45) is 29.4 Å². The number of nitrogens with two attached hydrogens (primary N) is 1. The number of rotatable bonds is 6. The van der Waals surface area contributed by atoms with Crippen molar-refractivity contribution in [1.82, 2.24) is 5.32 Å². The molecule has 3 rings (SSSR count). The average molecular weight is 252 g/mol. The van der Waals surface area contributed by atoms with Gasteiger partial charge in [0.25, 0.3) is 0 Å². The maximum Gasteiger partial charge on any atom is 0.0509 e. The molecule has 3 N–H and O–H groups in total. The summed E-state index contributed by atoms with van der Waals surface area (Å²) < 4.78 is 5.57. The Balaban J connectivity index is 1.58. The third kappa shape index (κ3) is 2.59. The molecule has 0 bridgehead atoms. The first kappa shape index (κ1) is 12.9. The highest BCUT2D eigenvalue weighted by Crippen LogP contribution is 2.49. The van der Waals surface area contributed by atoms with Crippen LogP contribution in [0, 0.1) is 23.7 Å². The van der Waals surface area contributed by atoms with E-state index in [9.17, 15) is 0 Å². The van der Waals surface area contributed by atoms with Gasteiger partial charge in [-0.05, 0) is 62.3 Å². The molecular weight excluding hydrogens is 224 g/mol. The minimum absolute atomic E-state index is 0.139. The summed E-state index contributed by atoms with van der Waals surface area (Å²) in [5, 5.41) is 3.87. The predicted octanol–water partition coefficient (Wildman–Crippen LogP) is 1.77. The topological polar surface area (TPSA) is 47.3 Å². The van der Waals surface area contributed by atoms with Gasteiger partial charge >= 0.3 is 0 Å². The summed E-state index contributed by atoms with van der Waals surface area (Å²) in [4.78, 5) is 0. The van der Waals surface area contributed by atoms with Gasteiger partial charge in [0, 0.05) is 18.7 Å². The van der Waals surface area contributed by atoms with Crippen LogP contribution in [0.25, 0.3) is 0 Å². The molecule has 0 spiro atoms. The van der Waals surface area contributed by atoms with Crippen molar-refractivity contribution >= 4 is 0 Å². The summed E-state index contributed by atoms with van der Waals surface area (Å²) in [5.74, 6) is 3.52. The van der Waals surface area contributed by atoms with Gasteiger partial charge < -0.3 is 15.8 Å². The van der Waals surface area contributed by atoms with Gasteiger partial charge in [-0.1, -0.05) is 6.92 Å². The Kier molecular flexibility index (Phi) is 3.65. The lowest BCUT2D eigenvalue weighted by molar-refractivity contribution is -0.00522. The fourth-order valence-electron chi connectivity index (χ4n) is 3.65. The molecule has 3 nitrogen and oxygen atoms in total. The van der Waals surface area contributed by atoms with E-state index >= 15 is 0 Å². The van der Waals surface area contributed by atoms with Crippen LogP contribution < -0.4 is 11.1 Å². The Morgan fingerprint density at radius 3 is 2.44 bits per heavy atom.